The Balaban J connectivity index is 1.53. The van der Waals surface area contributed by atoms with Crippen LogP contribution in [0.3, 0.4) is 0 Å². The van der Waals surface area contributed by atoms with Gasteiger partial charge in [-0.2, -0.15) is 5.10 Å². The molecule has 0 aliphatic carbocycles. The molecule has 9 nitrogen and oxygen atoms in total. The molecule has 36 heavy (non-hydrogen) atoms. The van der Waals surface area contributed by atoms with E-state index < -0.39 is 17.8 Å². The Morgan fingerprint density at radius 3 is 2.31 bits per heavy atom. The van der Waals surface area contributed by atoms with Crippen molar-refractivity contribution >= 4 is 35.6 Å². The molecule has 0 radical (unpaired) electrons. The third kappa shape index (κ3) is 7.57. The molecule has 0 fully saturated rings. The van der Waals surface area contributed by atoms with Crippen LogP contribution in [0.15, 0.2) is 71.8 Å². The average molecular weight is 510 g/mol. The molecule has 3 rings (SSSR count). The SMILES string of the molecule is CCOc1ccc(C(=O)Oc2ccc(/C=N/NC(=O)CNC(=O)c3ccc(Cl)cc3)cc2OC)cc1. The number of benzene rings is 3. The first kappa shape index (κ1) is 26.2. The molecular formula is C26H24ClN3O6. The number of rotatable bonds is 10. The van der Waals surface area contributed by atoms with Crippen LogP contribution >= 0.6 is 11.6 Å². The largest absolute Gasteiger partial charge is 0.494 e. The van der Waals surface area contributed by atoms with Crippen LogP contribution < -0.4 is 25.0 Å². The van der Waals surface area contributed by atoms with Gasteiger partial charge in [0.2, 0.25) is 0 Å². The van der Waals surface area contributed by atoms with Crippen molar-refractivity contribution in [2.45, 2.75) is 6.92 Å². The molecule has 0 aliphatic heterocycles. The summed E-state index contributed by atoms with van der Waals surface area (Å²) in [5, 5.41) is 6.87. The molecule has 2 amide bonds. The summed E-state index contributed by atoms with van der Waals surface area (Å²) in [5.74, 6) is -0.286. The Bertz CT molecular complexity index is 1240. The van der Waals surface area contributed by atoms with Crippen molar-refractivity contribution in [1.82, 2.24) is 10.7 Å². The quantitative estimate of drug-likeness (QED) is 0.186. The van der Waals surface area contributed by atoms with E-state index in [1.54, 1.807) is 66.7 Å². The summed E-state index contributed by atoms with van der Waals surface area (Å²) in [7, 11) is 1.44. The maximum atomic E-state index is 12.5. The maximum absolute atomic E-state index is 12.5. The van der Waals surface area contributed by atoms with Gasteiger partial charge in [-0.3, -0.25) is 9.59 Å². The number of hydrogen-bond donors (Lipinski definition) is 2. The lowest BCUT2D eigenvalue weighted by Gasteiger charge is -2.10. The van der Waals surface area contributed by atoms with E-state index in [0.717, 1.165) is 0 Å². The predicted octanol–water partition coefficient (Wildman–Crippen LogP) is 3.85. The molecule has 0 atom stereocenters. The highest BCUT2D eigenvalue weighted by molar-refractivity contribution is 6.30. The van der Waals surface area contributed by atoms with E-state index in [1.165, 1.54) is 13.3 Å². The van der Waals surface area contributed by atoms with E-state index in [4.69, 9.17) is 25.8 Å². The number of nitrogens with zero attached hydrogens (tertiary/aromatic N) is 1. The van der Waals surface area contributed by atoms with Gasteiger partial charge in [-0.1, -0.05) is 11.6 Å². The molecule has 0 bridgehead atoms. The van der Waals surface area contributed by atoms with Crippen molar-refractivity contribution in [3.05, 3.63) is 88.4 Å². The zero-order chi connectivity index (χ0) is 25.9. The summed E-state index contributed by atoms with van der Waals surface area (Å²) < 4.78 is 16.1. The Kier molecular flexibility index (Phi) is 9.41. The van der Waals surface area contributed by atoms with Crippen LogP contribution in [0.1, 0.15) is 33.2 Å². The molecule has 3 aromatic carbocycles. The second-order valence-corrected chi connectivity index (χ2v) is 7.68. The minimum atomic E-state index is -0.550. The molecule has 0 saturated carbocycles. The van der Waals surface area contributed by atoms with Gasteiger partial charge < -0.3 is 19.5 Å². The molecule has 0 spiro atoms. The zero-order valence-electron chi connectivity index (χ0n) is 19.6. The van der Waals surface area contributed by atoms with Crippen LogP contribution in [-0.4, -0.2) is 44.3 Å². The van der Waals surface area contributed by atoms with E-state index in [1.807, 2.05) is 6.92 Å². The number of hydrogen-bond acceptors (Lipinski definition) is 7. The van der Waals surface area contributed by atoms with Gasteiger partial charge >= 0.3 is 5.97 Å². The fourth-order valence-electron chi connectivity index (χ4n) is 2.94. The van der Waals surface area contributed by atoms with Gasteiger partial charge in [0.1, 0.15) is 5.75 Å². The van der Waals surface area contributed by atoms with Crippen LogP contribution in [0.2, 0.25) is 5.02 Å². The van der Waals surface area contributed by atoms with Gasteiger partial charge in [-0.25, -0.2) is 10.2 Å². The number of methoxy groups -OCH3 is 1. The molecular weight excluding hydrogens is 486 g/mol. The molecule has 186 valence electrons. The first-order valence-corrected chi connectivity index (χ1v) is 11.3. The van der Waals surface area contributed by atoms with Crippen molar-refractivity contribution in [3.63, 3.8) is 0 Å². The predicted molar refractivity (Wildman–Crippen MR) is 135 cm³/mol. The summed E-state index contributed by atoms with van der Waals surface area (Å²) in [6, 6.07) is 17.7. The van der Waals surface area contributed by atoms with Crippen molar-refractivity contribution in [3.8, 4) is 17.2 Å². The second kappa shape index (κ2) is 12.9. The Hall–Kier alpha value is -4.37. The summed E-state index contributed by atoms with van der Waals surface area (Å²) >= 11 is 5.80. The number of halogens is 1. The van der Waals surface area contributed by atoms with Gasteiger partial charge in [0.25, 0.3) is 11.8 Å². The number of hydrazone groups is 1. The second-order valence-electron chi connectivity index (χ2n) is 7.24. The topological polar surface area (TPSA) is 115 Å². The Labute approximate surface area is 213 Å². The number of carbonyl (C=O) groups is 3. The summed E-state index contributed by atoms with van der Waals surface area (Å²) in [6.07, 6.45) is 1.39. The fourth-order valence-corrected chi connectivity index (χ4v) is 3.07. The van der Waals surface area contributed by atoms with Gasteiger partial charge in [-0.05, 0) is 79.2 Å². The minimum Gasteiger partial charge on any atom is -0.494 e. The molecule has 2 N–H and O–H groups in total. The third-order valence-corrected chi connectivity index (χ3v) is 4.96. The van der Waals surface area contributed by atoms with Crippen LogP contribution in [-0.2, 0) is 4.79 Å². The van der Waals surface area contributed by atoms with Crippen LogP contribution in [0.25, 0.3) is 0 Å². The van der Waals surface area contributed by atoms with Crippen molar-refractivity contribution in [2.24, 2.45) is 5.10 Å². The van der Waals surface area contributed by atoms with Crippen molar-refractivity contribution < 1.29 is 28.6 Å². The lowest BCUT2D eigenvalue weighted by molar-refractivity contribution is -0.120. The first-order chi connectivity index (χ1) is 17.4. The fraction of sp³-hybridized carbons (Fsp3) is 0.154. The van der Waals surface area contributed by atoms with Gasteiger partial charge in [-0.15, -0.1) is 0 Å². The van der Waals surface area contributed by atoms with Crippen molar-refractivity contribution in [2.75, 3.05) is 20.3 Å². The van der Waals surface area contributed by atoms with E-state index in [9.17, 15) is 14.4 Å². The maximum Gasteiger partial charge on any atom is 0.343 e. The number of esters is 1. The summed E-state index contributed by atoms with van der Waals surface area (Å²) in [4.78, 5) is 36.5. The minimum absolute atomic E-state index is 0.225. The van der Waals surface area contributed by atoms with Gasteiger partial charge in [0.15, 0.2) is 11.5 Å². The molecule has 0 aromatic heterocycles. The molecule has 3 aromatic rings. The number of ether oxygens (including phenoxy) is 3. The van der Waals surface area contributed by atoms with E-state index in [2.05, 4.69) is 15.8 Å². The number of carbonyl (C=O) groups excluding carboxylic acids is 3. The number of amides is 2. The Morgan fingerprint density at radius 2 is 1.64 bits per heavy atom. The molecule has 0 heterocycles. The first-order valence-electron chi connectivity index (χ1n) is 10.9. The van der Waals surface area contributed by atoms with Crippen LogP contribution in [0, 0.1) is 0 Å². The molecule has 0 aliphatic rings. The smallest absolute Gasteiger partial charge is 0.343 e. The van der Waals surface area contributed by atoms with Gasteiger partial charge in [0.05, 0.1) is 32.0 Å². The van der Waals surface area contributed by atoms with E-state index in [-0.39, 0.29) is 12.3 Å². The van der Waals surface area contributed by atoms with Crippen LogP contribution in [0.4, 0.5) is 0 Å². The standard InChI is InChI=1S/C26H24ClN3O6/c1-3-35-21-11-7-19(8-12-21)26(33)36-22-13-4-17(14-23(22)34-2)15-29-30-24(31)16-28-25(32)18-5-9-20(27)10-6-18/h4-15H,3,16H2,1-2H3,(H,28,32)(H,30,31)/b29-15+. The van der Waals surface area contributed by atoms with Crippen LogP contribution in [0.5, 0.6) is 17.2 Å². The molecule has 0 unspecified atom stereocenters. The summed E-state index contributed by atoms with van der Waals surface area (Å²) in [6.45, 7) is 2.14. The zero-order valence-corrected chi connectivity index (χ0v) is 20.4. The highest BCUT2D eigenvalue weighted by Crippen LogP contribution is 2.28. The monoisotopic (exact) mass is 509 g/mol. The Morgan fingerprint density at radius 1 is 0.944 bits per heavy atom. The van der Waals surface area contributed by atoms with Gasteiger partial charge in [0, 0.05) is 10.6 Å². The van der Waals surface area contributed by atoms with E-state index >= 15 is 0 Å². The van der Waals surface area contributed by atoms with E-state index in [0.29, 0.717) is 39.8 Å². The third-order valence-electron chi connectivity index (χ3n) is 4.71. The highest BCUT2D eigenvalue weighted by atomic mass is 35.5. The normalized spacial score (nSPS) is 10.5. The average Bonchev–Trinajstić information content (AvgIpc) is 2.89. The summed E-state index contributed by atoms with van der Waals surface area (Å²) in [5.41, 5.74) is 3.65. The lowest BCUT2D eigenvalue weighted by Crippen LogP contribution is -2.34. The molecule has 10 heteroatoms. The molecule has 0 saturated heterocycles. The number of nitrogens with one attached hydrogen (secondary N) is 2. The lowest BCUT2D eigenvalue weighted by atomic mass is 10.2. The highest BCUT2D eigenvalue weighted by Gasteiger charge is 2.13. The van der Waals surface area contributed by atoms with Crippen molar-refractivity contribution in [1.29, 1.82) is 0 Å².